The monoisotopic (exact) mass is 207 g/mol. The molecule has 14 heavy (non-hydrogen) atoms. The number of nitriles is 2. The lowest BCUT2D eigenvalue weighted by molar-refractivity contribution is 0.674. The van der Waals surface area contributed by atoms with Gasteiger partial charge in [0.1, 0.15) is 22.9 Å². The lowest BCUT2D eigenvalue weighted by atomic mass is 9.93. The van der Waals surface area contributed by atoms with Gasteiger partial charge in [0.2, 0.25) is 0 Å². The summed E-state index contributed by atoms with van der Waals surface area (Å²) in [6.07, 6.45) is 0.742. The smallest absolute Gasteiger partial charge is 0.122 e. The maximum Gasteiger partial charge on any atom is 0.122 e. The van der Waals surface area contributed by atoms with Crippen LogP contribution in [0.3, 0.4) is 0 Å². The molecule has 0 amide bonds. The summed E-state index contributed by atoms with van der Waals surface area (Å²) >= 11 is 5.83. The van der Waals surface area contributed by atoms with Gasteiger partial charge in [-0.05, 0) is 18.9 Å². The van der Waals surface area contributed by atoms with Crippen molar-refractivity contribution in [1.29, 1.82) is 10.5 Å². The Morgan fingerprint density at radius 2 is 1.93 bits per heavy atom. The maximum absolute atomic E-state index is 8.95. The molecular weight excluding hydrogens is 198 g/mol. The third kappa shape index (κ3) is 1.60. The van der Waals surface area contributed by atoms with Crippen LogP contribution in [0.2, 0.25) is 0 Å². The molecule has 1 heterocycles. The zero-order valence-electron chi connectivity index (χ0n) is 8.06. The molecule has 1 N–H and O–H groups in total. The first-order valence-electron chi connectivity index (χ1n) is 4.35. The highest BCUT2D eigenvalue weighted by Crippen LogP contribution is 2.27. The summed E-state index contributed by atoms with van der Waals surface area (Å²) in [7, 11) is 0. The molecule has 0 aliphatic carbocycles. The zero-order valence-corrected chi connectivity index (χ0v) is 8.81. The van der Waals surface area contributed by atoms with Gasteiger partial charge in [0.05, 0.1) is 5.57 Å². The van der Waals surface area contributed by atoms with E-state index in [1.165, 1.54) is 0 Å². The maximum atomic E-state index is 8.95. The van der Waals surface area contributed by atoms with E-state index in [1.807, 2.05) is 26.0 Å². The molecule has 72 valence electrons. The first-order chi connectivity index (χ1) is 6.65. The molecule has 0 radical (unpaired) electrons. The number of hydrogen-bond donors (Lipinski definition) is 1. The van der Waals surface area contributed by atoms with Gasteiger partial charge in [0.15, 0.2) is 0 Å². The van der Waals surface area contributed by atoms with E-state index in [0.717, 1.165) is 12.0 Å². The first kappa shape index (κ1) is 10.6. The minimum atomic E-state index is 0.0271. The Hall–Kier alpha value is -1.45. The number of nitrogens with zero attached hydrogens (tertiary/aromatic N) is 2. The molecule has 1 atom stereocenters. The van der Waals surface area contributed by atoms with Crippen LogP contribution in [0.15, 0.2) is 21.9 Å². The second-order valence-electron chi connectivity index (χ2n) is 3.03. The number of hydrogen-bond acceptors (Lipinski definition) is 3. The lowest BCUT2D eigenvalue weighted by Gasteiger charge is -2.24. The normalized spacial score (nSPS) is 21.4. The van der Waals surface area contributed by atoms with Crippen molar-refractivity contribution < 1.29 is 0 Å². The third-order valence-corrected chi connectivity index (χ3v) is 2.56. The van der Waals surface area contributed by atoms with Gasteiger partial charge in [0, 0.05) is 6.04 Å². The third-order valence-electron chi connectivity index (χ3n) is 2.26. The summed E-state index contributed by atoms with van der Waals surface area (Å²) in [5.74, 6) is 0. The Morgan fingerprint density at radius 1 is 1.36 bits per heavy atom. The van der Waals surface area contributed by atoms with E-state index in [-0.39, 0.29) is 16.8 Å². The molecule has 1 rings (SSSR count). The van der Waals surface area contributed by atoms with Crippen molar-refractivity contribution in [3.05, 3.63) is 21.9 Å². The number of nitrogens with one attached hydrogen (secondary N) is 1. The van der Waals surface area contributed by atoms with E-state index >= 15 is 0 Å². The standard InChI is InChI=1S/C10H10ClN3/c1-3-7-6(2)14-10(11)9(5-13)8(7)4-12/h6,14H,3H2,1-2H3/t6-/m1/s1. The van der Waals surface area contributed by atoms with Crippen LogP contribution < -0.4 is 5.32 Å². The van der Waals surface area contributed by atoms with Crippen molar-refractivity contribution in [3.63, 3.8) is 0 Å². The average molecular weight is 208 g/mol. The van der Waals surface area contributed by atoms with E-state index in [4.69, 9.17) is 22.1 Å². The van der Waals surface area contributed by atoms with Crippen molar-refractivity contribution in [1.82, 2.24) is 5.32 Å². The second kappa shape index (κ2) is 4.17. The summed E-state index contributed by atoms with van der Waals surface area (Å²) in [5.41, 5.74) is 1.61. The summed E-state index contributed by atoms with van der Waals surface area (Å²) in [6.45, 7) is 3.88. The van der Waals surface area contributed by atoms with Gasteiger partial charge < -0.3 is 5.32 Å². The van der Waals surface area contributed by atoms with Gasteiger partial charge in [-0.3, -0.25) is 0 Å². The predicted octanol–water partition coefficient (Wildman–Crippen LogP) is 2.18. The average Bonchev–Trinajstić information content (AvgIpc) is 2.16. The van der Waals surface area contributed by atoms with Crippen LogP contribution in [0.25, 0.3) is 0 Å². The highest BCUT2D eigenvalue weighted by atomic mass is 35.5. The van der Waals surface area contributed by atoms with Crippen molar-refractivity contribution >= 4 is 11.6 Å². The number of halogens is 1. The van der Waals surface area contributed by atoms with Crippen LogP contribution in [-0.2, 0) is 0 Å². The molecule has 0 bridgehead atoms. The highest BCUT2D eigenvalue weighted by Gasteiger charge is 2.24. The minimum absolute atomic E-state index is 0.0271. The quantitative estimate of drug-likeness (QED) is 0.671. The molecule has 1 aliphatic rings. The van der Waals surface area contributed by atoms with Crippen LogP contribution in [0.4, 0.5) is 0 Å². The van der Waals surface area contributed by atoms with Crippen LogP contribution in [0, 0.1) is 22.7 Å². The number of dihydropyridines is 1. The molecule has 0 aromatic carbocycles. The van der Waals surface area contributed by atoms with Crippen molar-refractivity contribution in [2.75, 3.05) is 0 Å². The fraction of sp³-hybridized carbons (Fsp3) is 0.400. The first-order valence-corrected chi connectivity index (χ1v) is 4.73. The molecule has 0 saturated carbocycles. The molecule has 0 saturated heterocycles. The van der Waals surface area contributed by atoms with Crippen LogP contribution in [0.5, 0.6) is 0 Å². The van der Waals surface area contributed by atoms with Gasteiger partial charge in [-0.1, -0.05) is 18.5 Å². The Kier molecular flexibility index (Phi) is 3.17. The molecule has 0 unspecified atom stereocenters. The van der Waals surface area contributed by atoms with Crippen molar-refractivity contribution in [2.24, 2.45) is 0 Å². The fourth-order valence-corrected chi connectivity index (χ4v) is 1.85. The van der Waals surface area contributed by atoms with Crippen LogP contribution in [0.1, 0.15) is 20.3 Å². The number of allylic oxidation sites excluding steroid dienone is 2. The number of rotatable bonds is 1. The highest BCUT2D eigenvalue weighted by molar-refractivity contribution is 6.30. The lowest BCUT2D eigenvalue weighted by Crippen LogP contribution is -2.31. The molecule has 0 aromatic rings. The minimum Gasteiger partial charge on any atom is -0.368 e. The SMILES string of the molecule is CCC1=C(C#N)C(C#N)=C(Cl)N[C@@H]1C. The molecule has 0 aromatic heterocycles. The van der Waals surface area contributed by atoms with Gasteiger partial charge in [-0.25, -0.2) is 0 Å². The van der Waals surface area contributed by atoms with Crippen LogP contribution >= 0.6 is 11.6 Å². The zero-order chi connectivity index (χ0) is 10.7. The summed E-state index contributed by atoms with van der Waals surface area (Å²) in [5, 5.41) is 21.0. The molecule has 0 fully saturated rings. The van der Waals surface area contributed by atoms with Gasteiger partial charge >= 0.3 is 0 Å². The molecular formula is C10H10ClN3. The van der Waals surface area contributed by atoms with E-state index in [9.17, 15) is 0 Å². The predicted molar refractivity (Wildman–Crippen MR) is 54.0 cm³/mol. The summed E-state index contributed by atoms with van der Waals surface area (Å²) in [4.78, 5) is 0. The Balaban J connectivity index is 3.34. The van der Waals surface area contributed by atoms with Crippen molar-refractivity contribution in [3.8, 4) is 12.1 Å². The Morgan fingerprint density at radius 3 is 2.36 bits per heavy atom. The van der Waals surface area contributed by atoms with Crippen molar-refractivity contribution in [2.45, 2.75) is 26.3 Å². The molecule has 0 spiro atoms. The van der Waals surface area contributed by atoms with Gasteiger partial charge in [-0.2, -0.15) is 10.5 Å². The fourth-order valence-electron chi connectivity index (χ4n) is 1.55. The summed E-state index contributed by atoms with van der Waals surface area (Å²) < 4.78 is 0. The van der Waals surface area contributed by atoms with E-state index in [1.54, 1.807) is 0 Å². The van der Waals surface area contributed by atoms with Crippen LogP contribution in [-0.4, -0.2) is 6.04 Å². The Bertz CT molecular complexity index is 393. The van der Waals surface area contributed by atoms with Gasteiger partial charge in [0.25, 0.3) is 0 Å². The second-order valence-corrected chi connectivity index (χ2v) is 3.41. The molecule has 3 nitrogen and oxygen atoms in total. The Labute approximate surface area is 88.3 Å². The topological polar surface area (TPSA) is 59.6 Å². The van der Waals surface area contributed by atoms with E-state index in [2.05, 4.69) is 5.32 Å². The van der Waals surface area contributed by atoms with E-state index in [0.29, 0.717) is 5.57 Å². The molecule has 1 aliphatic heterocycles. The largest absolute Gasteiger partial charge is 0.368 e. The van der Waals surface area contributed by atoms with Gasteiger partial charge in [-0.15, -0.1) is 0 Å². The molecule has 4 heteroatoms. The van der Waals surface area contributed by atoms with E-state index < -0.39 is 0 Å². The summed E-state index contributed by atoms with van der Waals surface area (Å²) in [6, 6.07) is 4.01.